The minimum Gasteiger partial charge on any atom is -0.457 e. The predicted molar refractivity (Wildman–Crippen MR) is 303 cm³/mol. The van der Waals surface area contributed by atoms with Gasteiger partial charge in [-0.1, -0.05) is 25.4 Å². The summed E-state index contributed by atoms with van der Waals surface area (Å²) in [7, 11) is 1.44. The number of nitrogens with zero attached hydrogens (tertiary/aromatic N) is 3. The van der Waals surface area contributed by atoms with Crippen LogP contribution in [-0.4, -0.2) is 177 Å². The first-order valence-electron chi connectivity index (χ1n) is 26.9. The number of aromatic nitrogens is 1. The van der Waals surface area contributed by atoms with Gasteiger partial charge in [-0.2, -0.15) is 13.2 Å². The molecule has 0 saturated carbocycles. The van der Waals surface area contributed by atoms with Gasteiger partial charge in [0.2, 0.25) is 41.4 Å². The summed E-state index contributed by atoms with van der Waals surface area (Å²) in [5, 5.41) is 19.5. The molecule has 10 N–H and O–H groups in total. The minimum absolute atomic E-state index is 0.00196. The Bertz CT molecular complexity index is 2900. The van der Waals surface area contributed by atoms with Gasteiger partial charge < -0.3 is 72.1 Å². The first-order chi connectivity index (χ1) is 40.7. The second kappa shape index (κ2) is 34.9. The quantitative estimate of drug-likeness (QED) is 0.0301. The van der Waals surface area contributed by atoms with Gasteiger partial charge in [-0.3, -0.25) is 57.8 Å². The Hall–Kier alpha value is -8.74. The predicted octanol–water partition coefficient (Wildman–Crippen LogP) is 2.15. The zero-order valence-corrected chi connectivity index (χ0v) is 48.5. The maximum atomic E-state index is 13.7. The van der Waals surface area contributed by atoms with Crippen molar-refractivity contribution >= 4 is 88.1 Å². The Balaban J connectivity index is 1.13. The lowest BCUT2D eigenvalue weighted by Crippen LogP contribution is -2.58. The zero-order valence-electron chi connectivity index (χ0n) is 47.8. The summed E-state index contributed by atoms with van der Waals surface area (Å²) < 4.78 is 61.8. The Morgan fingerprint density at radius 1 is 0.674 bits per heavy atom. The molecular formula is C55H70ClF3N12O15. The first-order valence-corrected chi connectivity index (χ1v) is 27.3. The highest BCUT2D eigenvalue weighted by molar-refractivity contribution is 6.31. The molecule has 4 atom stereocenters. The van der Waals surface area contributed by atoms with E-state index in [1.165, 1.54) is 74.5 Å². The summed E-state index contributed by atoms with van der Waals surface area (Å²) in [6, 6.07) is 5.73. The maximum Gasteiger partial charge on any atom is 0.417 e. The normalized spacial score (nSPS) is 13.4. The van der Waals surface area contributed by atoms with Gasteiger partial charge in [-0.05, 0) is 74.7 Å². The van der Waals surface area contributed by atoms with E-state index in [1.807, 2.05) is 0 Å². The van der Waals surface area contributed by atoms with Gasteiger partial charge in [0.15, 0.2) is 0 Å². The van der Waals surface area contributed by atoms with Gasteiger partial charge in [0.25, 0.3) is 17.7 Å². The van der Waals surface area contributed by atoms with Gasteiger partial charge in [0.05, 0.1) is 56.6 Å². The lowest BCUT2D eigenvalue weighted by atomic mass is 10.0. The summed E-state index contributed by atoms with van der Waals surface area (Å²) in [5.74, 6) is -6.16. The van der Waals surface area contributed by atoms with Crippen molar-refractivity contribution in [2.24, 2.45) is 11.7 Å². The third-order valence-corrected chi connectivity index (χ3v) is 12.4. The number of ether oxygens (including phenoxy) is 4. The maximum absolute atomic E-state index is 13.7. The van der Waals surface area contributed by atoms with Crippen LogP contribution in [0.4, 0.5) is 29.3 Å². The van der Waals surface area contributed by atoms with Crippen LogP contribution >= 0.6 is 11.6 Å². The van der Waals surface area contributed by atoms with Crippen molar-refractivity contribution in [1.29, 1.82) is 0 Å². The second-order valence-electron chi connectivity index (χ2n) is 19.6. The van der Waals surface area contributed by atoms with E-state index in [0.717, 1.165) is 23.1 Å². The molecule has 0 bridgehead atoms. The summed E-state index contributed by atoms with van der Waals surface area (Å²) in [5.41, 5.74) is 4.40. The van der Waals surface area contributed by atoms with E-state index < -0.39 is 107 Å². The van der Waals surface area contributed by atoms with Crippen molar-refractivity contribution in [2.45, 2.75) is 83.7 Å². The summed E-state index contributed by atoms with van der Waals surface area (Å²) >= 11 is 5.65. The molecule has 31 heteroatoms. The molecule has 86 heavy (non-hydrogen) atoms. The molecule has 0 spiro atoms. The molecule has 2 heterocycles. The smallest absolute Gasteiger partial charge is 0.417 e. The van der Waals surface area contributed by atoms with Crippen molar-refractivity contribution in [3.63, 3.8) is 0 Å². The number of nitrogens with one attached hydrogen (secondary N) is 8. The number of pyridine rings is 1. The number of benzene rings is 2. The van der Waals surface area contributed by atoms with E-state index in [-0.39, 0.29) is 125 Å². The first kappa shape index (κ1) is 69.8. The van der Waals surface area contributed by atoms with Crippen LogP contribution in [0.1, 0.15) is 69.4 Å². The van der Waals surface area contributed by atoms with Crippen molar-refractivity contribution < 1.29 is 84.9 Å². The molecule has 1 aliphatic heterocycles. The van der Waals surface area contributed by atoms with Crippen LogP contribution < -0.4 is 53.0 Å². The topological polar surface area (TPSA) is 366 Å². The lowest BCUT2D eigenvalue weighted by Gasteiger charge is -2.28. The standard InChI is InChI=1S/C55H70ClF3N12O15/c1-32(2)28-43(53(81)70(5)21-18-63-51(79)41-30-38(14-17-61-41)86-37-9-6-35(7-10-37)66-54(82)67-36-8-11-40(56)39(29-36)55(57,58)59)69-52(80)42(31-44(60)72)68-50(78)34(4)65-49(77)33(3)64-46(74)16-22-83-24-26-85-27-25-84-23-19-62-45(73)15-20-71-47(75)12-13-48(71)76/h6-14,17,29-30,32-34,42-43H,15-16,18-28,31H2,1-5H3,(H2,60,72)(H,62,73)(H,63,79)(H,64,74)(H,65,77)(H,68,78)(H,69,80)(H2,66,67,82)/t33-,34-,42?,43?/m1/s1. The molecule has 2 unspecified atom stereocenters. The molecule has 468 valence electrons. The lowest BCUT2D eigenvalue weighted by molar-refractivity contribution is -0.138. The van der Waals surface area contributed by atoms with E-state index in [4.69, 9.17) is 36.3 Å². The number of imide groups is 1. The number of alkyl halides is 3. The Morgan fingerprint density at radius 2 is 1.27 bits per heavy atom. The van der Waals surface area contributed by atoms with Crippen LogP contribution in [0.25, 0.3) is 0 Å². The number of hydrogen-bond acceptors (Lipinski definition) is 16. The number of hydrogen-bond donors (Lipinski definition) is 9. The second-order valence-corrected chi connectivity index (χ2v) is 20.0. The van der Waals surface area contributed by atoms with Crippen molar-refractivity contribution in [1.82, 2.24) is 46.7 Å². The van der Waals surface area contributed by atoms with Gasteiger partial charge in [0.1, 0.15) is 41.4 Å². The number of carbonyl (C=O) groups excluding carboxylic acids is 11. The van der Waals surface area contributed by atoms with Crippen LogP contribution in [0.15, 0.2) is 72.9 Å². The Morgan fingerprint density at radius 3 is 1.91 bits per heavy atom. The Kier molecular flexibility index (Phi) is 28.3. The molecule has 0 saturated heterocycles. The van der Waals surface area contributed by atoms with E-state index >= 15 is 0 Å². The highest BCUT2D eigenvalue weighted by Crippen LogP contribution is 2.36. The largest absolute Gasteiger partial charge is 0.457 e. The van der Waals surface area contributed by atoms with E-state index in [9.17, 15) is 65.9 Å². The average Bonchev–Trinajstić information content (AvgIpc) is 3.04. The summed E-state index contributed by atoms with van der Waals surface area (Å²) in [4.78, 5) is 145. The monoisotopic (exact) mass is 1230 g/mol. The van der Waals surface area contributed by atoms with E-state index in [1.54, 1.807) is 13.8 Å². The molecule has 4 rings (SSSR count). The SMILES string of the molecule is CC(C)CC(NC(=O)C(CC(N)=O)NC(=O)[C@@H](C)NC(=O)[C@@H](C)NC(=O)CCOCCOCCOCCNC(=O)CCN1C(=O)C=CC1=O)C(=O)N(C)CCNC(=O)c1cc(Oc2ccc(NC(=O)Nc3ccc(Cl)c(C(F)(F)F)c3)cc2)ccn1. The van der Waals surface area contributed by atoms with Crippen molar-refractivity contribution in [3.05, 3.63) is 89.2 Å². The molecule has 1 aliphatic rings. The van der Waals surface area contributed by atoms with Gasteiger partial charge >= 0.3 is 12.2 Å². The molecule has 12 amide bonds. The highest BCUT2D eigenvalue weighted by Gasteiger charge is 2.34. The highest BCUT2D eigenvalue weighted by atomic mass is 35.5. The number of nitrogens with two attached hydrogens (primary N) is 1. The molecule has 0 radical (unpaired) electrons. The van der Waals surface area contributed by atoms with Gasteiger partial charge in [-0.25, -0.2) is 4.79 Å². The van der Waals surface area contributed by atoms with E-state index in [0.29, 0.717) is 6.07 Å². The fraction of sp³-hybridized carbons (Fsp3) is 0.455. The number of urea groups is 1. The number of primary amides is 1. The van der Waals surface area contributed by atoms with Crippen LogP contribution in [-0.2, 0) is 63.5 Å². The molecule has 3 aromatic rings. The molecule has 1 aromatic heterocycles. The third kappa shape index (κ3) is 24.8. The van der Waals surface area contributed by atoms with Crippen LogP contribution in [0.5, 0.6) is 11.5 Å². The number of anilines is 2. The number of amides is 12. The molecule has 27 nitrogen and oxygen atoms in total. The molecule has 2 aromatic carbocycles. The number of carbonyl (C=O) groups is 11. The fourth-order valence-corrected chi connectivity index (χ4v) is 7.86. The van der Waals surface area contributed by atoms with E-state index in [2.05, 4.69) is 47.5 Å². The summed E-state index contributed by atoms with van der Waals surface area (Å²) in [6.45, 7) is 7.38. The van der Waals surface area contributed by atoms with Crippen molar-refractivity contribution in [2.75, 3.05) is 83.5 Å². The van der Waals surface area contributed by atoms with Gasteiger partial charge in [0, 0.05) is 81.9 Å². The molecule has 0 aliphatic carbocycles. The zero-order chi connectivity index (χ0) is 63.5. The van der Waals surface area contributed by atoms with Gasteiger partial charge in [-0.15, -0.1) is 0 Å². The number of halogens is 4. The van der Waals surface area contributed by atoms with Crippen LogP contribution in [0, 0.1) is 5.92 Å². The number of likely N-dealkylation sites (N-methyl/N-ethyl adjacent to an activating group) is 1. The van der Waals surface area contributed by atoms with Crippen molar-refractivity contribution in [3.8, 4) is 11.5 Å². The van der Waals surface area contributed by atoms with Crippen LogP contribution in [0.3, 0.4) is 0 Å². The molecule has 0 fully saturated rings. The minimum atomic E-state index is -4.73. The fourth-order valence-electron chi connectivity index (χ4n) is 7.64. The molecular weight excluding hydrogens is 1160 g/mol. The third-order valence-electron chi connectivity index (χ3n) is 12.1. The number of rotatable bonds is 35. The average molecular weight is 1230 g/mol. The summed E-state index contributed by atoms with van der Waals surface area (Å²) in [6.07, 6.45) is -1.80. The Labute approximate surface area is 497 Å². The van der Waals surface area contributed by atoms with Crippen LogP contribution in [0.2, 0.25) is 5.02 Å².